The van der Waals surface area contributed by atoms with Crippen LogP contribution in [0.5, 0.6) is 0 Å². The number of carbonyl (C=O) groups is 2. The normalized spacial score (nSPS) is 24.9. The molecule has 2 amide bonds. The topological polar surface area (TPSA) is 121 Å². The summed E-state index contributed by atoms with van der Waals surface area (Å²) in [6.07, 6.45) is 5.73. The maximum atomic E-state index is 13.0. The number of alkyl carbamates (subject to hydrolysis) is 1. The summed E-state index contributed by atoms with van der Waals surface area (Å²) in [4.78, 5) is 27.5. The Kier molecular flexibility index (Phi) is 9.09. The van der Waals surface area contributed by atoms with Gasteiger partial charge in [-0.2, -0.15) is 0 Å². The molecule has 2 aliphatic rings. The van der Waals surface area contributed by atoms with Crippen LogP contribution in [0.25, 0.3) is 0 Å². The molecule has 0 aromatic carbocycles. The molecule has 1 aliphatic heterocycles. The first-order valence-electron chi connectivity index (χ1n) is 11.4. The Morgan fingerprint density at radius 1 is 1.26 bits per heavy atom. The number of carbonyl (C=O) groups excluding carboxylic acids is 2. The zero-order valence-corrected chi connectivity index (χ0v) is 20.1. The number of hydrogen-bond acceptors (Lipinski definition) is 5. The van der Waals surface area contributed by atoms with Crippen LogP contribution >= 0.6 is 12.2 Å². The van der Waals surface area contributed by atoms with Gasteiger partial charge in [-0.05, 0) is 56.3 Å². The number of nitrogens with one attached hydrogen (secondary N) is 3. The molecule has 0 spiro atoms. The smallest absolute Gasteiger partial charge is 0.407 e. The second-order valence-electron chi connectivity index (χ2n) is 9.52. The van der Waals surface area contributed by atoms with Gasteiger partial charge in [0, 0.05) is 19.0 Å². The number of amidine groups is 1. The zero-order valence-electron chi connectivity index (χ0n) is 19.3. The van der Waals surface area contributed by atoms with E-state index in [1.54, 1.807) is 0 Å². The monoisotopic (exact) mass is 453 g/mol. The van der Waals surface area contributed by atoms with E-state index in [-0.39, 0.29) is 29.1 Å². The Bertz CT molecular complexity index is 676. The summed E-state index contributed by atoms with van der Waals surface area (Å²) < 4.78 is 4.81. The highest BCUT2D eigenvalue weighted by atomic mass is 32.1. The average molecular weight is 454 g/mol. The molecule has 1 aliphatic carbocycles. The SMILES string of the molecule is CCC(C)(C)C(NC(=O)OC)C(=S)N1CCCC1C(=O)NCC1CCC(C(=N)N)CC1. The number of rotatable bonds is 8. The number of hydrogen-bond donors (Lipinski definition) is 4. The molecular weight excluding hydrogens is 414 g/mol. The number of likely N-dealkylation sites (tertiary alicyclic amines) is 1. The number of nitrogens with zero attached hydrogens (tertiary/aromatic N) is 1. The molecule has 8 nitrogen and oxygen atoms in total. The highest BCUT2D eigenvalue weighted by Crippen LogP contribution is 2.31. The van der Waals surface area contributed by atoms with E-state index in [1.165, 1.54) is 7.11 Å². The van der Waals surface area contributed by atoms with Crippen LogP contribution < -0.4 is 16.4 Å². The second-order valence-corrected chi connectivity index (χ2v) is 9.94. The molecule has 0 bridgehead atoms. The first-order valence-corrected chi connectivity index (χ1v) is 11.8. The van der Waals surface area contributed by atoms with E-state index in [1.807, 2.05) is 4.90 Å². The number of amides is 2. The number of ether oxygens (including phenoxy) is 1. The highest BCUT2D eigenvalue weighted by Gasteiger charge is 2.40. The van der Waals surface area contributed by atoms with Gasteiger partial charge in [-0.15, -0.1) is 0 Å². The number of nitrogens with two attached hydrogens (primary N) is 1. The molecular formula is C22H39N5O3S. The van der Waals surface area contributed by atoms with Crippen molar-refractivity contribution in [2.24, 2.45) is 23.0 Å². The van der Waals surface area contributed by atoms with Gasteiger partial charge in [0.1, 0.15) is 11.0 Å². The fourth-order valence-corrected chi connectivity index (χ4v) is 5.08. The van der Waals surface area contributed by atoms with Gasteiger partial charge in [0.05, 0.1) is 19.0 Å². The lowest BCUT2D eigenvalue weighted by molar-refractivity contribution is -0.124. The Hall–Kier alpha value is -1.90. The quantitative estimate of drug-likeness (QED) is 0.255. The minimum Gasteiger partial charge on any atom is -0.453 e. The predicted octanol–water partition coefficient (Wildman–Crippen LogP) is 2.80. The fraction of sp³-hybridized carbons (Fsp3) is 0.818. The van der Waals surface area contributed by atoms with Crippen molar-refractivity contribution in [1.29, 1.82) is 5.41 Å². The van der Waals surface area contributed by atoms with Crippen molar-refractivity contribution in [3.8, 4) is 0 Å². The Labute approximate surface area is 191 Å². The van der Waals surface area contributed by atoms with Crippen LogP contribution in [-0.4, -0.2) is 60.0 Å². The van der Waals surface area contributed by atoms with Crippen LogP contribution in [0.15, 0.2) is 0 Å². The van der Waals surface area contributed by atoms with E-state index in [2.05, 4.69) is 31.4 Å². The maximum absolute atomic E-state index is 13.0. The van der Waals surface area contributed by atoms with Crippen LogP contribution in [0, 0.1) is 22.7 Å². The van der Waals surface area contributed by atoms with Crippen molar-refractivity contribution in [3.05, 3.63) is 0 Å². The minimum atomic E-state index is -0.518. The lowest BCUT2D eigenvalue weighted by Crippen LogP contribution is -2.57. The average Bonchev–Trinajstić information content (AvgIpc) is 3.25. The number of methoxy groups -OCH3 is 1. The molecule has 31 heavy (non-hydrogen) atoms. The molecule has 2 rings (SSSR count). The molecule has 2 atom stereocenters. The van der Waals surface area contributed by atoms with Crippen molar-refractivity contribution in [1.82, 2.24) is 15.5 Å². The summed E-state index contributed by atoms with van der Waals surface area (Å²) in [6, 6.07) is -0.703. The summed E-state index contributed by atoms with van der Waals surface area (Å²) in [5.74, 6) is 0.896. The van der Waals surface area contributed by atoms with E-state index < -0.39 is 12.1 Å². The molecule has 1 heterocycles. The van der Waals surface area contributed by atoms with Crippen LogP contribution in [0.3, 0.4) is 0 Å². The summed E-state index contributed by atoms with van der Waals surface area (Å²) in [7, 11) is 1.34. The Balaban J connectivity index is 1.98. The predicted molar refractivity (Wildman–Crippen MR) is 126 cm³/mol. The van der Waals surface area contributed by atoms with Gasteiger partial charge < -0.3 is 26.0 Å². The summed E-state index contributed by atoms with van der Waals surface area (Å²) in [6.45, 7) is 7.53. The van der Waals surface area contributed by atoms with Gasteiger partial charge in [-0.1, -0.05) is 33.0 Å². The minimum absolute atomic E-state index is 0.000311. The van der Waals surface area contributed by atoms with E-state index in [9.17, 15) is 9.59 Å². The van der Waals surface area contributed by atoms with Gasteiger partial charge in [-0.25, -0.2) is 4.79 Å². The lowest BCUT2D eigenvalue weighted by Gasteiger charge is -2.39. The van der Waals surface area contributed by atoms with E-state index in [0.29, 0.717) is 24.0 Å². The molecule has 2 fully saturated rings. The molecule has 0 aromatic heterocycles. The third-order valence-electron chi connectivity index (χ3n) is 7.08. The van der Waals surface area contributed by atoms with E-state index in [4.69, 9.17) is 28.1 Å². The van der Waals surface area contributed by atoms with E-state index in [0.717, 1.165) is 44.9 Å². The zero-order chi connectivity index (χ0) is 23.2. The van der Waals surface area contributed by atoms with Gasteiger partial charge in [0.15, 0.2) is 0 Å². The fourth-order valence-electron chi connectivity index (χ4n) is 4.48. The van der Waals surface area contributed by atoms with Crippen LogP contribution in [0.4, 0.5) is 4.79 Å². The molecule has 0 radical (unpaired) electrons. The highest BCUT2D eigenvalue weighted by molar-refractivity contribution is 7.80. The molecule has 1 saturated heterocycles. The summed E-state index contributed by atoms with van der Waals surface area (Å²) in [5.41, 5.74) is 5.35. The molecule has 1 saturated carbocycles. The van der Waals surface area contributed by atoms with Gasteiger partial charge in [-0.3, -0.25) is 10.2 Å². The van der Waals surface area contributed by atoms with Crippen LogP contribution in [0.2, 0.25) is 0 Å². The summed E-state index contributed by atoms with van der Waals surface area (Å²) >= 11 is 5.80. The van der Waals surface area contributed by atoms with Crippen molar-refractivity contribution in [2.45, 2.75) is 77.8 Å². The summed E-state index contributed by atoms with van der Waals surface area (Å²) in [5, 5.41) is 13.6. The third kappa shape index (κ3) is 6.54. The Morgan fingerprint density at radius 3 is 2.45 bits per heavy atom. The van der Waals surface area contributed by atoms with Crippen LogP contribution in [-0.2, 0) is 9.53 Å². The van der Waals surface area contributed by atoms with Gasteiger partial charge in [0.2, 0.25) is 5.91 Å². The second kappa shape index (κ2) is 11.1. The molecule has 5 N–H and O–H groups in total. The lowest BCUT2D eigenvalue weighted by atomic mass is 9.81. The van der Waals surface area contributed by atoms with Crippen molar-refractivity contribution < 1.29 is 14.3 Å². The molecule has 0 aromatic rings. The molecule has 9 heteroatoms. The van der Waals surface area contributed by atoms with Crippen LogP contribution in [0.1, 0.15) is 65.7 Å². The third-order valence-corrected chi connectivity index (χ3v) is 7.55. The van der Waals surface area contributed by atoms with Crippen molar-refractivity contribution >= 4 is 35.0 Å². The van der Waals surface area contributed by atoms with E-state index >= 15 is 0 Å². The standard InChI is InChI=1S/C22H39N5O3S/c1-5-22(2,3)17(26-21(29)30-4)20(31)27-12-6-7-16(27)19(28)25-13-14-8-10-15(11-9-14)18(23)24/h14-17H,5-13H2,1-4H3,(H3,23,24)(H,25,28)(H,26,29). The first-order chi connectivity index (χ1) is 14.6. The first kappa shape index (κ1) is 25.4. The van der Waals surface area contributed by atoms with Gasteiger partial charge in [0.25, 0.3) is 0 Å². The van der Waals surface area contributed by atoms with Gasteiger partial charge >= 0.3 is 6.09 Å². The largest absolute Gasteiger partial charge is 0.453 e. The molecule has 2 unspecified atom stereocenters. The maximum Gasteiger partial charge on any atom is 0.407 e. The number of thiocarbonyl (C=S) groups is 1. The van der Waals surface area contributed by atoms with Crippen molar-refractivity contribution in [3.63, 3.8) is 0 Å². The molecule has 176 valence electrons. The Morgan fingerprint density at radius 2 is 1.90 bits per heavy atom. The van der Waals surface area contributed by atoms with Crippen molar-refractivity contribution in [2.75, 3.05) is 20.2 Å².